The van der Waals surface area contributed by atoms with Gasteiger partial charge < -0.3 is 0 Å². The summed E-state index contributed by atoms with van der Waals surface area (Å²) in [6.07, 6.45) is 1.93. The van der Waals surface area contributed by atoms with E-state index >= 15 is 0 Å². The number of aromatic nitrogens is 2. The normalized spacial score (nSPS) is 11.0. The largest absolute Gasteiger partial charge is 0.222 e. The summed E-state index contributed by atoms with van der Waals surface area (Å²) < 4.78 is 1.80. The zero-order chi connectivity index (χ0) is 14.0. The summed E-state index contributed by atoms with van der Waals surface area (Å²) in [5.41, 5.74) is 5.35. The van der Waals surface area contributed by atoms with E-state index in [1.54, 1.807) is 4.68 Å². The summed E-state index contributed by atoms with van der Waals surface area (Å²) in [6, 6.07) is 6.30. The van der Waals surface area contributed by atoms with Gasteiger partial charge in [-0.25, -0.2) is 4.68 Å². The molecule has 0 fully saturated rings. The molecule has 1 aromatic carbocycles. The molecule has 2 rings (SSSR count). The number of halogens is 2. The zero-order valence-corrected chi connectivity index (χ0v) is 13.0. The fraction of sp³-hybridized carbons (Fsp3) is 0.400. The molecular weight excluding hydrogens is 279 g/mol. The number of rotatable bonds is 4. The van der Waals surface area contributed by atoms with Crippen molar-refractivity contribution in [2.45, 2.75) is 39.5 Å². The van der Waals surface area contributed by atoms with Gasteiger partial charge in [0.15, 0.2) is 0 Å². The second-order valence-corrected chi connectivity index (χ2v) is 5.48. The van der Waals surface area contributed by atoms with Gasteiger partial charge in [0.25, 0.3) is 0 Å². The van der Waals surface area contributed by atoms with Gasteiger partial charge in [0.05, 0.1) is 17.3 Å². The molecule has 0 saturated heterocycles. The van der Waals surface area contributed by atoms with Gasteiger partial charge >= 0.3 is 0 Å². The van der Waals surface area contributed by atoms with Gasteiger partial charge in [-0.1, -0.05) is 31.0 Å². The Morgan fingerprint density at radius 1 is 1.16 bits per heavy atom. The minimum Gasteiger partial charge on any atom is -0.222 e. The number of hydrogen-bond donors (Lipinski definition) is 0. The first kappa shape index (κ1) is 14.4. The van der Waals surface area contributed by atoms with Crippen LogP contribution in [0.3, 0.4) is 0 Å². The van der Waals surface area contributed by atoms with E-state index in [9.17, 15) is 0 Å². The van der Waals surface area contributed by atoms with Gasteiger partial charge in [0.2, 0.25) is 0 Å². The zero-order valence-electron chi connectivity index (χ0n) is 11.5. The van der Waals surface area contributed by atoms with Gasteiger partial charge in [-0.05, 0) is 43.5 Å². The maximum Gasteiger partial charge on any atom is 0.137 e. The number of benzene rings is 1. The number of nitrogens with zero attached hydrogens (tertiary/aromatic N) is 2. The van der Waals surface area contributed by atoms with E-state index in [4.69, 9.17) is 23.2 Å². The highest BCUT2D eigenvalue weighted by molar-refractivity contribution is 6.31. The first-order valence-electron chi connectivity index (χ1n) is 6.47. The van der Waals surface area contributed by atoms with Crippen molar-refractivity contribution >= 4 is 23.2 Å². The van der Waals surface area contributed by atoms with E-state index in [2.05, 4.69) is 44.1 Å². The SMILES string of the molecule is CCCc1nn(-c2cc(C)cc(C)c2)c(Cl)c1CCl. The van der Waals surface area contributed by atoms with Crippen LogP contribution in [0, 0.1) is 13.8 Å². The third-order valence-corrected chi connectivity index (χ3v) is 3.73. The molecule has 2 aromatic rings. The van der Waals surface area contributed by atoms with Crippen molar-refractivity contribution in [2.24, 2.45) is 0 Å². The highest BCUT2D eigenvalue weighted by Gasteiger charge is 2.16. The van der Waals surface area contributed by atoms with Crippen LogP contribution in [0.15, 0.2) is 18.2 Å². The van der Waals surface area contributed by atoms with Crippen LogP contribution in [-0.4, -0.2) is 9.78 Å². The van der Waals surface area contributed by atoms with Gasteiger partial charge in [-0.2, -0.15) is 5.10 Å². The molecule has 19 heavy (non-hydrogen) atoms. The van der Waals surface area contributed by atoms with Crippen molar-refractivity contribution in [3.8, 4) is 5.69 Å². The highest BCUT2D eigenvalue weighted by Crippen LogP contribution is 2.27. The fourth-order valence-corrected chi connectivity index (χ4v) is 2.95. The minimum atomic E-state index is 0.402. The Bertz CT molecular complexity index is 568. The maximum absolute atomic E-state index is 6.42. The Morgan fingerprint density at radius 3 is 2.32 bits per heavy atom. The molecule has 0 atom stereocenters. The molecule has 0 amide bonds. The Balaban J connectivity index is 2.55. The standard InChI is InChI=1S/C15H18Cl2N2/c1-4-5-14-13(9-16)15(17)19(18-14)12-7-10(2)6-11(3)8-12/h6-8H,4-5,9H2,1-3H3. The number of hydrogen-bond acceptors (Lipinski definition) is 1. The monoisotopic (exact) mass is 296 g/mol. The summed E-state index contributed by atoms with van der Waals surface area (Å²) in [4.78, 5) is 0. The minimum absolute atomic E-state index is 0.402. The molecule has 0 unspecified atom stereocenters. The predicted octanol–water partition coefficient (Wildman–Crippen LogP) is 4.83. The fourth-order valence-electron chi connectivity index (χ4n) is 2.29. The van der Waals surface area contributed by atoms with E-state index < -0.39 is 0 Å². The molecule has 1 heterocycles. The van der Waals surface area contributed by atoms with Crippen LogP contribution in [0.4, 0.5) is 0 Å². The quantitative estimate of drug-likeness (QED) is 0.739. The maximum atomic E-state index is 6.42. The summed E-state index contributed by atoms with van der Waals surface area (Å²) in [5, 5.41) is 5.25. The Labute approximate surface area is 124 Å². The Hall–Kier alpha value is -0.990. The lowest BCUT2D eigenvalue weighted by atomic mass is 10.1. The third-order valence-electron chi connectivity index (χ3n) is 3.08. The van der Waals surface area contributed by atoms with Crippen molar-refractivity contribution in [2.75, 3.05) is 0 Å². The predicted molar refractivity (Wildman–Crippen MR) is 81.6 cm³/mol. The number of aryl methyl sites for hydroxylation is 3. The van der Waals surface area contributed by atoms with Gasteiger partial charge in [-0.3, -0.25) is 0 Å². The van der Waals surface area contributed by atoms with Crippen LogP contribution in [-0.2, 0) is 12.3 Å². The van der Waals surface area contributed by atoms with Crippen molar-refractivity contribution < 1.29 is 0 Å². The summed E-state index contributed by atoms with van der Waals surface area (Å²) in [7, 11) is 0. The molecule has 102 valence electrons. The molecule has 0 saturated carbocycles. The van der Waals surface area contributed by atoms with Gasteiger partial charge in [0.1, 0.15) is 5.15 Å². The first-order chi connectivity index (χ1) is 9.06. The third kappa shape index (κ3) is 2.96. The average molecular weight is 297 g/mol. The van der Waals surface area contributed by atoms with Crippen molar-refractivity contribution in [3.05, 3.63) is 45.7 Å². The van der Waals surface area contributed by atoms with Gasteiger partial charge in [-0.15, -0.1) is 11.6 Å². The second-order valence-electron chi connectivity index (χ2n) is 4.86. The topological polar surface area (TPSA) is 17.8 Å². The molecule has 0 spiro atoms. The molecule has 2 nitrogen and oxygen atoms in total. The van der Waals surface area contributed by atoms with E-state index in [1.165, 1.54) is 11.1 Å². The van der Waals surface area contributed by atoms with Crippen LogP contribution in [0.25, 0.3) is 5.69 Å². The second kappa shape index (κ2) is 5.98. The average Bonchev–Trinajstić information content (AvgIpc) is 2.65. The molecular formula is C15H18Cl2N2. The molecule has 0 bridgehead atoms. The molecule has 4 heteroatoms. The molecule has 0 aliphatic rings. The molecule has 0 aliphatic heterocycles. The van der Waals surface area contributed by atoms with Crippen LogP contribution in [0.2, 0.25) is 5.15 Å². The van der Waals surface area contributed by atoms with Crippen LogP contribution >= 0.6 is 23.2 Å². The smallest absolute Gasteiger partial charge is 0.137 e. The Kier molecular flexibility index (Phi) is 4.54. The highest BCUT2D eigenvalue weighted by atomic mass is 35.5. The molecule has 0 radical (unpaired) electrons. The number of alkyl halides is 1. The molecule has 0 N–H and O–H groups in total. The van der Waals surface area contributed by atoms with E-state index in [0.29, 0.717) is 11.0 Å². The van der Waals surface area contributed by atoms with E-state index in [1.807, 2.05) is 0 Å². The van der Waals surface area contributed by atoms with Gasteiger partial charge in [0, 0.05) is 5.56 Å². The Morgan fingerprint density at radius 2 is 1.79 bits per heavy atom. The molecule has 0 aliphatic carbocycles. The van der Waals surface area contributed by atoms with Crippen LogP contribution < -0.4 is 0 Å². The lowest BCUT2D eigenvalue weighted by Crippen LogP contribution is -1.98. The summed E-state index contributed by atoms with van der Waals surface area (Å²) >= 11 is 12.4. The van der Waals surface area contributed by atoms with Crippen molar-refractivity contribution in [3.63, 3.8) is 0 Å². The van der Waals surface area contributed by atoms with Crippen LogP contribution in [0.1, 0.15) is 35.7 Å². The molecule has 1 aromatic heterocycles. The summed E-state index contributed by atoms with van der Waals surface area (Å²) in [6.45, 7) is 6.27. The summed E-state index contributed by atoms with van der Waals surface area (Å²) in [5.74, 6) is 0.402. The lowest BCUT2D eigenvalue weighted by molar-refractivity contribution is 0.804. The van der Waals surface area contributed by atoms with Crippen LogP contribution in [0.5, 0.6) is 0 Å². The lowest BCUT2D eigenvalue weighted by Gasteiger charge is -2.06. The van der Waals surface area contributed by atoms with E-state index in [-0.39, 0.29) is 0 Å². The van der Waals surface area contributed by atoms with E-state index in [0.717, 1.165) is 29.8 Å². The van der Waals surface area contributed by atoms with Crippen molar-refractivity contribution in [1.29, 1.82) is 0 Å². The van der Waals surface area contributed by atoms with Crippen molar-refractivity contribution in [1.82, 2.24) is 9.78 Å². The first-order valence-corrected chi connectivity index (χ1v) is 7.39.